The minimum atomic E-state index is -5.21. The molecule has 2 aromatic carbocycles. The Balaban J connectivity index is 1.94. The summed E-state index contributed by atoms with van der Waals surface area (Å²) in [7, 11) is -5.21. The van der Waals surface area contributed by atoms with E-state index in [2.05, 4.69) is 4.18 Å². The third-order valence-corrected chi connectivity index (χ3v) is 4.43. The fourth-order valence-electron chi connectivity index (χ4n) is 2.21. The summed E-state index contributed by atoms with van der Waals surface area (Å²) in [4.78, 5) is 12.7. The molecule has 0 unspecified atom stereocenters. The summed E-state index contributed by atoms with van der Waals surface area (Å²) >= 11 is 0. The number of hydrogen-bond acceptors (Lipinski definition) is 6. The van der Waals surface area contributed by atoms with Crippen LogP contribution in [0.2, 0.25) is 0 Å². The van der Waals surface area contributed by atoms with Crippen LogP contribution >= 0.6 is 0 Å². The molecule has 0 aromatic heterocycles. The number of ether oxygens (including phenoxy) is 1. The standard InChI is InChI=1S/C18H15F2NO5S/c1-10-2-5-12(8-14(10)20)16-15(22)17(18(21)25-16)26-27(23,24)9-11-3-6-13(19)7-4-11/h2-8,16H,9,21H2,1H3/t16-/m1/s1/i9D2,16D. The lowest BCUT2D eigenvalue weighted by Crippen LogP contribution is -2.16. The summed E-state index contributed by atoms with van der Waals surface area (Å²) in [6.07, 6.45) is -2.62. The molecule has 9 heteroatoms. The number of carbonyl (C=O) groups excluding carboxylic acids is 1. The van der Waals surface area contributed by atoms with E-state index in [9.17, 15) is 22.0 Å². The van der Waals surface area contributed by atoms with Crippen molar-refractivity contribution >= 4 is 15.9 Å². The number of Topliss-reactive ketones (excluding diaryl/α,β-unsaturated/α-hetero) is 1. The Morgan fingerprint density at radius 3 is 2.56 bits per heavy atom. The molecule has 0 saturated heterocycles. The number of benzene rings is 2. The van der Waals surface area contributed by atoms with E-state index in [-0.39, 0.29) is 11.1 Å². The third kappa shape index (κ3) is 4.08. The molecule has 0 radical (unpaired) electrons. The van der Waals surface area contributed by atoms with Crippen molar-refractivity contribution in [3.8, 4) is 0 Å². The molecule has 142 valence electrons. The topological polar surface area (TPSA) is 95.7 Å². The van der Waals surface area contributed by atoms with Crippen molar-refractivity contribution in [3.63, 3.8) is 0 Å². The summed E-state index contributed by atoms with van der Waals surface area (Å²) in [5, 5.41) is 0. The van der Waals surface area contributed by atoms with Gasteiger partial charge in [-0.3, -0.25) is 4.79 Å². The van der Waals surface area contributed by atoms with E-state index >= 15 is 0 Å². The molecule has 0 fully saturated rings. The monoisotopic (exact) mass is 398 g/mol. The first-order chi connectivity index (χ1) is 13.8. The number of nitrogens with two attached hydrogens (primary N) is 1. The van der Waals surface area contributed by atoms with Gasteiger partial charge in [0.1, 0.15) is 17.3 Å². The van der Waals surface area contributed by atoms with Crippen molar-refractivity contribution in [2.75, 3.05) is 0 Å². The number of carbonyl (C=O) groups is 1. The van der Waals surface area contributed by atoms with Gasteiger partial charge in [-0.15, -0.1) is 0 Å². The van der Waals surface area contributed by atoms with E-state index < -0.39 is 56.5 Å². The van der Waals surface area contributed by atoms with Gasteiger partial charge in [0, 0.05) is 5.56 Å². The zero-order valence-electron chi connectivity index (χ0n) is 16.8. The molecular formula is C18H15F2NO5S. The second-order valence-corrected chi connectivity index (χ2v) is 6.84. The van der Waals surface area contributed by atoms with Crippen LogP contribution in [0.1, 0.15) is 26.9 Å². The van der Waals surface area contributed by atoms with E-state index in [1.54, 1.807) is 0 Å². The minimum absolute atomic E-state index is 0.236. The molecule has 2 N–H and O–H groups in total. The van der Waals surface area contributed by atoms with Crippen LogP contribution in [0.3, 0.4) is 0 Å². The summed E-state index contributed by atoms with van der Waals surface area (Å²) in [5.41, 5.74) is 1.83. The molecule has 0 bridgehead atoms. The molecule has 1 atom stereocenters. The molecule has 1 aliphatic heterocycles. The van der Waals surface area contributed by atoms with Gasteiger partial charge in [-0.05, 0) is 36.2 Å². The molecule has 27 heavy (non-hydrogen) atoms. The normalized spacial score (nSPS) is 22.0. The highest BCUT2D eigenvalue weighted by Gasteiger charge is 2.39. The van der Waals surface area contributed by atoms with Gasteiger partial charge in [0.25, 0.3) is 0 Å². The summed E-state index contributed by atoms with van der Waals surface area (Å²) in [6, 6.07) is 6.86. The lowest BCUT2D eigenvalue weighted by atomic mass is 10.0. The Kier molecular flexibility index (Phi) is 3.92. The van der Waals surface area contributed by atoms with Crippen molar-refractivity contribution < 1.29 is 35.0 Å². The summed E-state index contributed by atoms with van der Waals surface area (Å²) in [5.74, 6) is -4.81. The molecule has 0 spiro atoms. The first-order valence-corrected chi connectivity index (χ1v) is 8.90. The van der Waals surface area contributed by atoms with Crippen LogP contribution in [0.25, 0.3) is 0 Å². The van der Waals surface area contributed by atoms with E-state index in [4.69, 9.17) is 14.6 Å². The van der Waals surface area contributed by atoms with Gasteiger partial charge in [-0.1, -0.05) is 24.3 Å². The van der Waals surface area contributed by atoms with Crippen molar-refractivity contribution in [2.45, 2.75) is 18.7 Å². The quantitative estimate of drug-likeness (QED) is 0.778. The van der Waals surface area contributed by atoms with Gasteiger partial charge in [0.05, 0.1) is 4.11 Å². The largest absolute Gasteiger partial charge is 0.460 e. The molecule has 6 nitrogen and oxygen atoms in total. The summed E-state index contributed by atoms with van der Waals surface area (Å²) in [6.45, 7) is 1.46. The second kappa shape index (κ2) is 6.99. The van der Waals surface area contributed by atoms with E-state index in [1.807, 2.05) is 0 Å². The van der Waals surface area contributed by atoms with Gasteiger partial charge < -0.3 is 14.7 Å². The van der Waals surface area contributed by atoms with Crippen molar-refractivity contribution in [1.29, 1.82) is 0 Å². The Morgan fingerprint density at radius 2 is 1.93 bits per heavy atom. The Labute approximate surface area is 158 Å². The van der Waals surface area contributed by atoms with Crippen LogP contribution in [-0.4, -0.2) is 14.2 Å². The van der Waals surface area contributed by atoms with E-state index in [1.165, 1.54) is 19.1 Å². The van der Waals surface area contributed by atoms with Gasteiger partial charge in [-0.25, -0.2) is 8.78 Å². The fourth-order valence-corrected chi connectivity index (χ4v) is 3.06. The molecule has 0 amide bonds. The Bertz CT molecular complexity index is 1170. The predicted octanol–water partition coefficient (Wildman–Crippen LogP) is 2.59. The highest BCUT2D eigenvalue weighted by atomic mass is 32.2. The molecule has 2 aromatic rings. The fraction of sp³-hybridized carbons (Fsp3) is 0.167. The maximum atomic E-state index is 13.9. The second-order valence-electron chi connectivity index (χ2n) is 5.56. The predicted molar refractivity (Wildman–Crippen MR) is 91.3 cm³/mol. The number of rotatable bonds is 5. The number of hydrogen-bond donors (Lipinski definition) is 1. The smallest absolute Gasteiger partial charge is 0.313 e. The lowest BCUT2D eigenvalue weighted by molar-refractivity contribution is -0.123. The maximum absolute atomic E-state index is 13.9. The molecule has 0 saturated carbocycles. The third-order valence-electron chi connectivity index (χ3n) is 3.56. The first kappa shape index (κ1) is 15.2. The van der Waals surface area contributed by atoms with Gasteiger partial charge in [0.2, 0.25) is 17.4 Å². The van der Waals surface area contributed by atoms with Gasteiger partial charge in [0.15, 0.2) is 6.08 Å². The van der Waals surface area contributed by atoms with Crippen molar-refractivity contribution in [3.05, 3.63) is 82.4 Å². The zero-order chi connectivity index (χ0) is 22.5. The number of aryl methyl sites for hydroxylation is 1. The van der Waals surface area contributed by atoms with Crippen molar-refractivity contribution in [1.82, 2.24) is 0 Å². The molecule has 3 rings (SSSR count). The molecular weight excluding hydrogens is 380 g/mol. The Hall–Kier alpha value is -2.94. The van der Waals surface area contributed by atoms with Gasteiger partial charge >= 0.3 is 10.1 Å². The molecule has 1 aliphatic rings. The van der Waals surface area contributed by atoms with E-state index in [0.717, 1.165) is 30.3 Å². The average Bonchev–Trinajstić information content (AvgIpc) is 2.88. The molecule has 1 heterocycles. The number of halogens is 2. The maximum Gasteiger partial charge on any atom is 0.313 e. The highest BCUT2D eigenvalue weighted by molar-refractivity contribution is 7.86. The van der Waals surface area contributed by atoms with Crippen LogP contribution in [0.15, 0.2) is 54.1 Å². The van der Waals surface area contributed by atoms with Crippen molar-refractivity contribution in [2.24, 2.45) is 5.73 Å². The minimum Gasteiger partial charge on any atom is -0.460 e. The average molecular weight is 398 g/mol. The SMILES string of the molecule is [2H]C([2H])(c1ccc(F)cc1)S(=O)(=O)OC1=C(N)O[C@]([2H])(c2ccc(C)c(F)c2)C1=O. The van der Waals surface area contributed by atoms with E-state index in [0.29, 0.717) is 0 Å². The van der Waals surface area contributed by atoms with Crippen LogP contribution in [0.4, 0.5) is 8.78 Å². The first-order valence-electron chi connectivity index (χ1n) is 9.00. The highest BCUT2D eigenvalue weighted by Crippen LogP contribution is 2.33. The van der Waals surface area contributed by atoms with Crippen LogP contribution in [0.5, 0.6) is 0 Å². The van der Waals surface area contributed by atoms with Crippen LogP contribution < -0.4 is 5.73 Å². The van der Waals surface area contributed by atoms with Crippen LogP contribution in [0, 0.1) is 18.6 Å². The summed E-state index contributed by atoms with van der Waals surface area (Å²) < 4.78 is 85.5. The number of ketones is 1. The zero-order valence-corrected chi connectivity index (χ0v) is 14.6. The molecule has 0 aliphatic carbocycles. The van der Waals surface area contributed by atoms with Crippen LogP contribution in [-0.2, 0) is 29.5 Å². The lowest BCUT2D eigenvalue weighted by Gasteiger charge is -2.10. The van der Waals surface area contributed by atoms with Gasteiger partial charge in [-0.2, -0.15) is 8.42 Å². The Morgan fingerprint density at radius 1 is 1.26 bits per heavy atom.